The monoisotopic (exact) mass is 448 g/mol. The molecule has 9 heteroatoms. The first-order chi connectivity index (χ1) is 11.8. The third-order valence-electron chi connectivity index (χ3n) is 3.16. The van der Waals surface area contributed by atoms with Gasteiger partial charge >= 0.3 is 11.9 Å². The Morgan fingerprint density at radius 1 is 0.760 bits per heavy atom. The second-order valence-electron chi connectivity index (χ2n) is 5.15. The molecule has 1 aromatic carbocycles. The molecular weight excluding hydrogens is 433 g/mol. The predicted molar refractivity (Wildman–Crippen MR) is 101 cm³/mol. The van der Waals surface area contributed by atoms with Crippen LogP contribution in [0, 0.1) is 0 Å². The average molecular weight is 451 g/mol. The van der Waals surface area contributed by atoms with Gasteiger partial charge in [-0.1, -0.05) is 77.8 Å². The molecular formula is C16H17Cl5O4. The number of hydrogen-bond acceptors (Lipinski definition) is 4. The molecule has 0 aromatic heterocycles. The molecule has 0 N–H and O–H groups in total. The number of halogens is 5. The number of hydrogen-bond donors (Lipinski definition) is 0. The van der Waals surface area contributed by atoms with E-state index in [1.165, 1.54) is 0 Å². The molecule has 0 radical (unpaired) electrons. The van der Waals surface area contributed by atoms with E-state index in [2.05, 4.69) is 6.92 Å². The number of ether oxygens (including phenoxy) is 2. The third-order valence-corrected chi connectivity index (χ3v) is 5.40. The standard InChI is InChI=1S/C16H17Cl5O4/c1-2-3-4-8-24-9(22)6-5-7-10(23)25-16-14(20)12(18)11(17)13(19)15(16)21/h2-8H2,1H3. The molecule has 0 atom stereocenters. The zero-order valence-electron chi connectivity index (χ0n) is 13.5. The van der Waals surface area contributed by atoms with Crippen LogP contribution in [0.2, 0.25) is 25.1 Å². The Labute approximate surface area is 171 Å². The zero-order chi connectivity index (χ0) is 19.0. The van der Waals surface area contributed by atoms with Gasteiger partial charge in [0.1, 0.15) is 10.0 Å². The molecule has 0 aliphatic rings. The van der Waals surface area contributed by atoms with Gasteiger partial charge in [0, 0.05) is 12.8 Å². The van der Waals surface area contributed by atoms with Crippen LogP contribution in [0.5, 0.6) is 5.75 Å². The van der Waals surface area contributed by atoms with Crippen molar-refractivity contribution in [2.24, 2.45) is 0 Å². The third kappa shape index (κ3) is 7.03. The fourth-order valence-electron chi connectivity index (χ4n) is 1.83. The van der Waals surface area contributed by atoms with Crippen LogP contribution in [0.1, 0.15) is 45.4 Å². The van der Waals surface area contributed by atoms with Crippen molar-refractivity contribution in [3.05, 3.63) is 25.1 Å². The summed E-state index contributed by atoms with van der Waals surface area (Å²) in [5.41, 5.74) is 0. The van der Waals surface area contributed by atoms with Gasteiger partial charge in [0.15, 0.2) is 5.75 Å². The second-order valence-corrected chi connectivity index (χ2v) is 7.04. The molecule has 0 fully saturated rings. The Kier molecular flexibility index (Phi) is 10.3. The van der Waals surface area contributed by atoms with E-state index in [0.29, 0.717) is 6.61 Å². The lowest BCUT2D eigenvalue weighted by Crippen LogP contribution is -2.11. The summed E-state index contributed by atoms with van der Waals surface area (Å²) < 4.78 is 10.1. The van der Waals surface area contributed by atoms with Crippen LogP contribution >= 0.6 is 58.0 Å². The zero-order valence-corrected chi connectivity index (χ0v) is 17.3. The molecule has 1 rings (SSSR count). The Hall–Kier alpha value is -0.390. The number of unbranched alkanes of at least 4 members (excludes halogenated alkanes) is 2. The van der Waals surface area contributed by atoms with E-state index in [1.807, 2.05) is 0 Å². The maximum Gasteiger partial charge on any atom is 0.311 e. The summed E-state index contributed by atoms with van der Waals surface area (Å²) in [6.07, 6.45) is 3.26. The van der Waals surface area contributed by atoms with Crippen LogP contribution in [-0.4, -0.2) is 18.5 Å². The number of benzene rings is 1. The fourth-order valence-corrected chi connectivity index (χ4v) is 3.02. The Bertz CT molecular complexity index is 604. The topological polar surface area (TPSA) is 52.6 Å². The molecule has 0 heterocycles. The SMILES string of the molecule is CCCCCOC(=O)CCCC(=O)Oc1c(Cl)c(Cl)c(Cl)c(Cl)c1Cl. The maximum atomic E-state index is 11.9. The average Bonchev–Trinajstić information content (AvgIpc) is 2.59. The highest BCUT2D eigenvalue weighted by atomic mass is 35.5. The van der Waals surface area contributed by atoms with Gasteiger partial charge in [-0.15, -0.1) is 0 Å². The highest BCUT2D eigenvalue weighted by Crippen LogP contribution is 2.48. The Morgan fingerprint density at radius 2 is 1.28 bits per heavy atom. The van der Waals surface area contributed by atoms with E-state index < -0.39 is 5.97 Å². The molecule has 0 saturated heterocycles. The second kappa shape index (κ2) is 11.3. The predicted octanol–water partition coefficient (Wildman–Crippen LogP) is 6.76. The minimum Gasteiger partial charge on any atom is -0.466 e. The van der Waals surface area contributed by atoms with E-state index >= 15 is 0 Å². The minimum atomic E-state index is -0.628. The quantitative estimate of drug-likeness (QED) is 0.137. The van der Waals surface area contributed by atoms with E-state index in [1.54, 1.807) is 0 Å². The van der Waals surface area contributed by atoms with E-state index in [0.717, 1.165) is 19.3 Å². The molecule has 0 amide bonds. The summed E-state index contributed by atoms with van der Waals surface area (Å²) in [5.74, 6) is -1.13. The van der Waals surface area contributed by atoms with Gasteiger partial charge < -0.3 is 9.47 Å². The van der Waals surface area contributed by atoms with Gasteiger partial charge in [0.2, 0.25) is 0 Å². The van der Waals surface area contributed by atoms with Crippen LogP contribution < -0.4 is 4.74 Å². The van der Waals surface area contributed by atoms with E-state index in [-0.39, 0.29) is 56.1 Å². The molecule has 0 saturated carbocycles. The molecule has 0 unspecified atom stereocenters. The molecule has 140 valence electrons. The molecule has 0 aliphatic heterocycles. The summed E-state index contributed by atoms with van der Waals surface area (Å²) in [6, 6.07) is 0. The summed E-state index contributed by atoms with van der Waals surface area (Å²) in [5, 5.41) is -0.356. The molecule has 0 aliphatic carbocycles. The Morgan fingerprint density at radius 3 is 1.84 bits per heavy atom. The van der Waals surface area contributed by atoms with Crippen LogP contribution in [0.25, 0.3) is 0 Å². The normalized spacial score (nSPS) is 10.6. The molecule has 0 spiro atoms. The molecule has 25 heavy (non-hydrogen) atoms. The van der Waals surface area contributed by atoms with Crippen molar-refractivity contribution >= 4 is 69.9 Å². The lowest BCUT2D eigenvalue weighted by atomic mass is 10.2. The molecule has 4 nitrogen and oxygen atoms in total. The van der Waals surface area contributed by atoms with Crippen LogP contribution in [0.3, 0.4) is 0 Å². The van der Waals surface area contributed by atoms with Gasteiger partial charge in [-0.25, -0.2) is 0 Å². The largest absolute Gasteiger partial charge is 0.466 e. The number of carbonyl (C=O) groups excluding carboxylic acids is 2. The summed E-state index contributed by atoms with van der Waals surface area (Å²) in [6.45, 7) is 2.46. The van der Waals surface area contributed by atoms with Gasteiger partial charge in [-0.2, -0.15) is 0 Å². The lowest BCUT2D eigenvalue weighted by molar-refractivity contribution is -0.144. The van der Waals surface area contributed by atoms with Gasteiger partial charge in [0.25, 0.3) is 0 Å². The van der Waals surface area contributed by atoms with Crippen molar-refractivity contribution in [2.45, 2.75) is 45.4 Å². The fraction of sp³-hybridized carbons (Fsp3) is 0.500. The van der Waals surface area contributed by atoms with Crippen molar-refractivity contribution in [1.82, 2.24) is 0 Å². The summed E-state index contributed by atoms with van der Waals surface area (Å²) >= 11 is 29.6. The van der Waals surface area contributed by atoms with Crippen molar-refractivity contribution in [3.8, 4) is 5.75 Å². The first-order valence-corrected chi connectivity index (χ1v) is 9.56. The highest BCUT2D eigenvalue weighted by molar-refractivity contribution is 6.55. The molecule has 0 bridgehead atoms. The highest BCUT2D eigenvalue weighted by Gasteiger charge is 2.22. The van der Waals surface area contributed by atoms with Crippen molar-refractivity contribution in [2.75, 3.05) is 6.61 Å². The van der Waals surface area contributed by atoms with Crippen molar-refractivity contribution in [3.63, 3.8) is 0 Å². The minimum absolute atomic E-state index is 0.0193. The van der Waals surface area contributed by atoms with Crippen LogP contribution in [0.4, 0.5) is 0 Å². The van der Waals surface area contributed by atoms with E-state index in [9.17, 15) is 9.59 Å². The number of esters is 2. The van der Waals surface area contributed by atoms with Gasteiger partial charge in [-0.3, -0.25) is 9.59 Å². The van der Waals surface area contributed by atoms with Crippen LogP contribution in [0.15, 0.2) is 0 Å². The van der Waals surface area contributed by atoms with Gasteiger partial charge in [-0.05, 0) is 12.8 Å². The maximum absolute atomic E-state index is 11.9. The number of carbonyl (C=O) groups is 2. The van der Waals surface area contributed by atoms with Gasteiger partial charge in [0.05, 0.1) is 21.7 Å². The smallest absolute Gasteiger partial charge is 0.311 e. The number of rotatable bonds is 9. The van der Waals surface area contributed by atoms with Crippen molar-refractivity contribution in [1.29, 1.82) is 0 Å². The first-order valence-electron chi connectivity index (χ1n) is 7.67. The lowest BCUT2D eigenvalue weighted by Gasteiger charge is -2.12. The van der Waals surface area contributed by atoms with Crippen molar-refractivity contribution < 1.29 is 19.1 Å². The first kappa shape index (κ1) is 22.7. The summed E-state index contributed by atoms with van der Waals surface area (Å²) in [4.78, 5) is 23.4. The molecule has 1 aromatic rings. The Balaban J connectivity index is 2.49. The van der Waals surface area contributed by atoms with E-state index in [4.69, 9.17) is 67.5 Å². The summed E-state index contributed by atoms with van der Waals surface area (Å²) in [7, 11) is 0. The van der Waals surface area contributed by atoms with Crippen LogP contribution in [-0.2, 0) is 14.3 Å².